The Morgan fingerprint density at radius 1 is 1.30 bits per heavy atom. The topological polar surface area (TPSA) is 69.3 Å². The van der Waals surface area contributed by atoms with Gasteiger partial charge in [0.05, 0.1) is 5.56 Å². The molecule has 7 heteroatoms. The molecular formula is C23H32N6O. The molecule has 7 nitrogen and oxygen atoms in total. The molecular weight excluding hydrogens is 376 g/mol. The molecule has 1 saturated heterocycles. The molecule has 0 bridgehead atoms. The van der Waals surface area contributed by atoms with E-state index in [1.165, 1.54) is 0 Å². The summed E-state index contributed by atoms with van der Waals surface area (Å²) in [5, 5.41) is 13.9. The molecule has 0 atom stereocenters. The maximum absolute atomic E-state index is 9.61. The van der Waals surface area contributed by atoms with Crippen molar-refractivity contribution in [1.82, 2.24) is 19.8 Å². The molecule has 1 aliphatic heterocycles. The fraction of sp³-hybridized carbons (Fsp3) is 0.565. The summed E-state index contributed by atoms with van der Waals surface area (Å²) in [6.07, 6.45) is 3.94. The fourth-order valence-corrected chi connectivity index (χ4v) is 4.28. The third kappa shape index (κ3) is 3.97. The van der Waals surface area contributed by atoms with E-state index in [1.807, 2.05) is 40.1 Å². The summed E-state index contributed by atoms with van der Waals surface area (Å²) in [5.74, 6) is 1.70. The molecule has 160 valence electrons. The van der Waals surface area contributed by atoms with Crippen LogP contribution in [0.1, 0.15) is 45.2 Å². The Balaban J connectivity index is 1.53. The lowest BCUT2D eigenvalue weighted by Gasteiger charge is -2.44. The van der Waals surface area contributed by atoms with Gasteiger partial charge in [-0.2, -0.15) is 5.26 Å². The lowest BCUT2D eigenvalue weighted by Crippen LogP contribution is -2.44. The molecule has 1 saturated carbocycles. The first kappa shape index (κ1) is 20.5. The van der Waals surface area contributed by atoms with E-state index in [1.54, 1.807) is 0 Å². The summed E-state index contributed by atoms with van der Waals surface area (Å²) >= 11 is 0. The van der Waals surface area contributed by atoms with Gasteiger partial charge in [-0.15, -0.1) is 0 Å². The summed E-state index contributed by atoms with van der Waals surface area (Å²) in [6.45, 7) is 14.1. The van der Waals surface area contributed by atoms with Gasteiger partial charge in [-0.3, -0.25) is 0 Å². The highest BCUT2D eigenvalue weighted by molar-refractivity contribution is 5.85. The average molecular weight is 409 g/mol. The summed E-state index contributed by atoms with van der Waals surface area (Å²) in [7, 11) is 2.05. The maximum Gasteiger partial charge on any atom is 0.182 e. The highest BCUT2D eigenvalue weighted by Crippen LogP contribution is 2.40. The van der Waals surface area contributed by atoms with E-state index in [0.717, 1.165) is 55.9 Å². The van der Waals surface area contributed by atoms with E-state index >= 15 is 0 Å². The minimum Gasteiger partial charge on any atom is -0.474 e. The number of hydrogen-bond acceptors (Lipinski definition) is 6. The van der Waals surface area contributed by atoms with Gasteiger partial charge in [0.1, 0.15) is 23.1 Å². The highest BCUT2D eigenvalue weighted by atomic mass is 16.5. The van der Waals surface area contributed by atoms with E-state index in [9.17, 15) is 5.26 Å². The van der Waals surface area contributed by atoms with Gasteiger partial charge in [-0.25, -0.2) is 4.98 Å². The molecule has 2 aromatic heterocycles. The number of hydrogen-bond donors (Lipinski definition) is 1. The molecule has 0 radical (unpaired) electrons. The van der Waals surface area contributed by atoms with Crippen molar-refractivity contribution in [2.75, 3.05) is 38.1 Å². The molecule has 0 spiro atoms. The van der Waals surface area contributed by atoms with Crippen molar-refractivity contribution < 1.29 is 4.74 Å². The monoisotopic (exact) mass is 408 g/mol. The van der Waals surface area contributed by atoms with E-state index in [4.69, 9.17) is 9.72 Å². The molecule has 1 aliphatic carbocycles. The molecule has 0 aromatic carbocycles. The zero-order valence-electron chi connectivity index (χ0n) is 18.5. The summed E-state index contributed by atoms with van der Waals surface area (Å²) < 4.78 is 8.14. The fourth-order valence-electron chi connectivity index (χ4n) is 4.28. The van der Waals surface area contributed by atoms with Gasteiger partial charge in [0.15, 0.2) is 5.88 Å². The van der Waals surface area contributed by atoms with E-state index < -0.39 is 0 Å². The molecule has 2 aromatic rings. The van der Waals surface area contributed by atoms with Crippen molar-refractivity contribution in [1.29, 1.82) is 5.26 Å². The average Bonchev–Trinajstić information content (AvgIpc) is 3.04. The Kier molecular flexibility index (Phi) is 5.37. The van der Waals surface area contributed by atoms with Gasteiger partial charge >= 0.3 is 0 Å². The Bertz CT molecular complexity index is 970. The van der Waals surface area contributed by atoms with Crippen molar-refractivity contribution in [3.63, 3.8) is 0 Å². The SMILES string of the molecule is C=C(OC(C)(C)C)N(C)C1CC(n2cc(C#N)c3ccc(N4CCNCC4)nc32)C1. The number of fused-ring (bicyclic) bond motifs is 1. The van der Waals surface area contributed by atoms with Gasteiger partial charge < -0.3 is 24.4 Å². The minimum atomic E-state index is -0.253. The number of nitrogens with one attached hydrogen (secondary N) is 1. The van der Waals surface area contributed by atoms with E-state index in [0.29, 0.717) is 23.5 Å². The Hall–Kier alpha value is -2.72. The van der Waals surface area contributed by atoms with Crippen LogP contribution < -0.4 is 10.2 Å². The van der Waals surface area contributed by atoms with Gasteiger partial charge in [0.2, 0.25) is 0 Å². The van der Waals surface area contributed by atoms with Crippen LogP contribution in [0.5, 0.6) is 0 Å². The first-order valence-corrected chi connectivity index (χ1v) is 10.7. The second-order valence-electron chi connectivity index (χ2n) is 9.34. The third-order valence-electron chi connectivity index (χ3n) is 6.07. The number of ether oxygens (including phenoxy) is 1. The van der Waals surface area contributed by atoms with Gasteiger partial charge in [-0.1, -0.05) is 0 Å². The summed E-state index contributed by atoms with van der Waals surface area (Å²) in [6, 6.07) is 7.15. The van der Waals surface area contributed by atoms with Crippen molar-refractivity contribution in [3.05, 3.63) is 36.4 Å². The quantitative estimate of drug-likeness (QED) is 0.766. The normalized spacial score (nSPS) is 21.8. The van der Waals surface area contributed by atoms with Crippen LogP contribution >= 0.6 is 0 Å². The lowest BCUT2D eigenvalue weighted by atomic mass is 9.85. The Labute approximate surface area is 178 Å². The lowest BCUT2D eigenvalue weighted by molar-refractivity contribution is -0.0175. The smallest absolute Gasteiger partial charge is 0.182 e. The van der Waals surface area contributed by atoms with Gasteiger partial charge in [-0.05, 0) is 52.3 Å². The highest BCUT2D eigenvalue weighted by Gasteiger charge is 2.36. The van der Waals surface area contributed by atoms with Gasteiger partial charge in [0.25, 0.3) is 0 Å². The molecule has 4 rings (SSSR count). The van der Waals surface area contributed by atoms with Crippen LogP contribution in [0.3, 0.4) is 0 Å². The largest absolute Gasteiger partial charge is 0.474 e. The first-order chi connectivity index (χ1) is 14.3. The molecule has 2 aliphatic rings. The van der Waals surface area contributed by atoms with Crippen LogP contribution in [0.25, 0.3) is 11.0 Å². The molecule has 3 heterocycles. The number of anilines is 1. The Morgan fingerprint density at radius 3 is 2.63 bits per heavy atom. The maximum atomic E-state index is 9.61. The van der Waals surface area contributed by atoms with Crippen LogP contribution in [-0.4, -0.2) is 59.3 Å². The zero-order chi connectivity index (χ0) is 21.5. The standard InChI is InChI=1S/C23H32N6O/c1-16(30-23(2,3)4)27(5)18-12-19(13-18)29-15-17(14-24)20-6-7-21(26-22(20)29)28-10-8-25-9-11-28/h6-7,15,18-19,25H,1,8-13H2,2-5H3. The van der Waals surface area contributed by atoms with Crippen LogP contribution in [-0.2, 0) is 4.74 Å². The zero-order valence-corrected chi connectivity index (χ0v) is 18.5. The minimum absolute atomic E-state index is 0.253. The van der Waals surface area contributed by atoms with E-state index in [-0.39, 0.29) is 5.60 Å². The predicted molar refractivity (Wildman–Crippen MR) is 119 cm³/mol. The number of pyridine rings is 1. The first-order valence-electron chi connectivity index (χ1n) is 10.7. The number of nitriles is 1. The second-order valence-corrected chi connectivity index (χ2v) is 9.34. The molecule has 0 amide bonds. The van der Waals surface area contributed by atoms with Gasteiger partial charge in [0, 0.05) is 56.9 Å². The van der Waals surface area contributed by atoms with E-state index in [2.05, 4.69) is 38.4 Å². The van der Waals surface area contributed by atoms with Crippen LogP contribution in [0, 0.1) is 11.3 Å². The summed E-state index contributed by atoms with van der Waals surface area (Å²) in [5.41, 5.74) is 1.36. The molecule has 30 heavy (non-hydrogen) atoms. The van der Waals surface area contributed by atoms with Crippen molar-refractivity contribution in [2.24, 2.45) is 0 Å². The number of nitrogens with zero attached hydrogens (tertiary/aromatic N) is 5. The van der Waals surface area contributed by atoms with Crippen molar-refractivity contribution in [3.8, 4) is 6.07 Å². The van der Waals surface area contributed by atoms with Crippen LogP contribution in [0.15, 0.2) is 30.8 Å². The van der Waals surface area contributed by atoms with Crippen LogP contribution in [0.4, 0.5) is 5.82 Å². The third-order valence-corrected chi connectivity index (χ3v) is 6.07. The second kappa shape index (κ2) is 7.84. The number of piperazine rings is 1. The number of rotatable bonds is 5. The molecule has 2 fully saturated rings. The summed E-state index contributed by atoms with van der Waals surface area (Å²) in [4.78, 5) is 9.43. The number of aromatic nitrogens is 2. The van der Waals surface area contributed by atoms with Crippen LogP contribution in [0.2, 0.25) is 0 Å². The molecule has 1 N–H and O–H groups in total. The Morgan fingerprint density at radius 2 is 2.00 bits per heavy atom. The molecule has 0 unspecified atom stereocenters. The van der Waals surface area contributed by atoms with Crippen molar-refractivity contribution >= 4 is 16.9 Å². The van der Waals surface area contributed by atoms with Crippen molar-refractivity contribution in [2.45, 2.75) is 51.3 Å². The predicted octanol–water partition coefficient (Wildman–Crippen LogP) is 3.24.